The Morgan fingerprint density at radius 1 is 0.963 bits per heavy atom. The van der Waals surface area contributed by atoms with Crippen molar-refractivity contribution in [1.82, 2.24) is 5.32 Å². The lowest BCUT2D eigenvalue weighted by Gasteiger charge is -2.12. The predicted octanol–water partition coefficient (Wildman–Crippen LogP) is 1.33. The van der Waals surface area contributed by atoms with E-state index in [4.69, 9.17) is 19.3 Å². The number of nitrogens with one attached hydrogen (secondary N) is 1. The molecule has 1 amide bonds. The first-order chi connectivity index (χ1) is 12.8. The van der Waals surface area contributed by atoms with Crippen LogP contribution in [-0.2, 0) is 16.4 Å². The molecule has 2 aromatic rings. The predicted molar refractivity (Wildman–Crippen MR) is 100.0 cm³/mol. The molecule has 146 valence electrons. The Balaban J connectivity index is 2.10. The summed E-state index contributed by atoms with van der Waals surface area (Å²) in [6.07, 6.45) is 0.545. The van der Waals surface area contributed by atoms with E-state index in [0.29, 0.717) is 24.5 Å². The normalized spacial score (nSPS) is 11.0. The van der Waals surface area contributed by atoms with Gasteiger partial charge in [-0.1, -0.05) is 6.07 Å². The average Bonchev–Trinajstić information content (AvgIpc) is 2.66. The summed E-state index contributed by atoms with van der Waals surface area (Å²) in [5.41, 5.74) is 1.04. The molecule has 0 saturated carbocycles. The van der Waals surface area contributed by atoms with Crippen LogP contribution in [0.4, 0.5) is 0 Å². The number of sulfonamides is 1. The maximum absolute atomic E-state index is 12.4. The minimum atomic E-state index is -3.92. The zero-order valence-corrected chi connectivity index (χ0v) is 16.1. The van der Waals surface area contributed by atoms with Crippen molar-refractivity contribution in [2.24, 2.45) is 5.14 Å². The molecular formula is C18H22N2O6S. The van der Waals surface area contributed by atoms with Crippen LogP contribution in [0, 0.1) is 0 Å². The van der Waals surface area contributed by atoms with Crippen LogP contribution in [0.1, 0.15) is 15.9 Å². The second-order valence-electron chi connectivity index (χ2n) is 5.60. The number of methoxy groups -OCH3 is 3. The summed E-state index contributed by atoms with van der Waals surface area (Å²) in [7, 11) is 0.578. The molecule has 0 spiro atoms. The highest BCUT2D eigenvalue weighted by atomic mass is 32.2. The first-order valence-electron chi connectivity index (χ1n) is 8.00. The van der Waals surface area contributed by atoms with Crippen molar-refractivity contribution in [3.05, 3.63) is 47.5 Å². The van der Waals surface area contributed by atoms with E-state index in [2.05, 4.69) is 5.32 Å². The number of carbonyl (C=O) groups excluding carboxylic acids is 1. The maximum atomic E-state index is 12.4. The number of hydrogen-bond acceptors (Lipinski definition) is 6. The van der Waals surface area contributed by atoms with Gasteiger partial charge in [0.1, 0.15) is 5.75 Å². The van der Waals surface area contributed by atoms with Gasteiger partial charge >= 0.3 is 0 Å². The highest BCUT2D eigenvalue weighted by Crippen LogP contribution is 2.27. The van der Waals surface area contributed by atoms with Gasteiger partial charge in [-0.2, -0.15) is 0 Å². The number of carbonyl (C=O) groups is 1. The third-order valence-electron chi connectivity index (χ3n) is 3.89. The summed E-state index contributed by atoms with van der Waals surface area (Å²) in [6, 6.07) is 9.36. The fourth-order valence-electron chi connectivity index (χ4n) is 2.49. The summed E-state index contributed by atoms with van der Waals surface area (Å²) in [5, 5.41) is 7.86. The number of benzene rings is 2. The molecule has 0 fully saturated rings. The minimum absolute atomic E-state index is 0.0938. The summed E-state index contributed by atoms with van der Waals surface area (Å²) in [4.78, 5) is 12.3. The van der Waals surface area contributed by atoms with Gasteiger partial charge in [0, 0.05) is 6.54 Å². The fraction of sp³-hybridized carbons (Fsp3) is 0.278. The molecule has 9 heteroatoms. The third kappa shape index (κ3) is 5.11. The van der Waals surface area contributed by atoms with Gasteiger partial charge in [-0.05, 0) is 42.3 Å². The van der Waals surface area contributed by atoms with E-state index in [0.717, 1.165) is 5.56 Å². The lowest BCUT2D eigenvalue weighted by Crippen LogP contribution is -2.26. The lowest BCUT2D eigenvalue weighted by molar-refractivity contribution is 0.0951. The SMILES string of the molecule is COc1ccc(CCNC(=O)c2cc(S(N)(=O)=O)ccc2OC)cc1OC. The van der Waals surface area contributed by atoms with E-state index in [9.17, 15) is 13.2 Å². The molecule has 8 nitrogen and oxygen atoms in total. The molecule has 0 bridgehead atoms. The maximum Gasteiger partial charge on any atom is 0.255 e. The van der Waals surface area contributed by atoms with Crippen molar-refractivity contribution >= 4 is 15.9 Å². The van der Waals surface area contributed by atoms with E-state index in [1.54, 1.807) is 20.3 Å². The van der Waals surface area contributed by atoms with Crippen LogP contribution in [0.25, 0.3) is 0 Å². The Bertz CT molecular complexity index is 927. The summed E-state index contributed by atoms with van der Waals surface area (Å²) in [5.74, 6) is 1.02. The largest absolute Gasteiger partial charge is 0.496 e. The number of ether oxygens (including phenoxy) is 3. The van der Waals surface area contributed by atoms with Crippen molar-refractivity contribution in [1.29, 1.82) is 0 Å². The molecule has 2 aromatic carbocycles. The van der Waals surface area contributed by atoms with E-state index in [1.165, 1.54) is 25.3 Å². The third-order valence-corrected chi connectivity index (χ3v) is 4.80. The Morgan fingerprint density at radius 3 is 2.19 bits per heavy atom. The molecule has 0 saturated heterocycles. The van der Waals surface area contributed by atoms with Crippen LogP contribution in [0.3, 0.4) is 0 Å². The number of hydrogen-bond donors (Lipinski definition) is 2. The lowest BCUT2D eigenvalue weighted by atomic mass is 10.1. The second-order valence-corrected chi connectivity index (χ2v) is 7.16. The van der Waals surface area contributed by atoms with Crippen LogP contribution in [0.2, 0.25) is 0 Å². The van der Waals surface area contributed by atoms with Crippen molar-refractivity contribution in [2.75, 3.05) is 27.9 Å². The van der Waals surface area contributed by atoms with E-state index < -0.39 is 15.9 Å². The molecule has 0 aliphatic heterocycles. The van der Waals surface area contributed by atoms with Crippen LogP contribution in [0.15, 0.2) is 41.3 Å². The van der Waals surface area contributed by atoms with Crippen molar-refractivity contribution in [3.63, 3.8) is 0 Å². The van der Waals surface area contributed by atoms with Gasteiger partial charge in [0.05, 0.1) is 31.8 Å². The van der Waals surface area contributed by atoms with Crippen LogP contribution in [-0.4, -0.2) is 42.2 Å². The average molecular weight is 394 g/mol. The van der Waals surface area contributed by atoms with Crippen molar-refractivity contribution < 1.29 is 27.4 Å². The molecule has 0 aromatic heterocycles. The van der Waals surface area contributed by atoms with Crippen LogP contribution in [0.5, 0.6) is 17.2 Å². The number of primary sulfonamides is 1. The molecule has 0 heterocycles. The second kappa shape index (κ2) is 8.74. The van der Waals surface area contributed by atoms with Crippen molar-refractivity contribution in [3.8, 4) is 17.2 Å². The minimum Gasteiger partial charge on any atom is -0.496 e. The quantitative estimate of drug-likeness (QED) is 0.698. The summed E-state index contributed by atoms with van der Waals surface area (Å²) in [6.45, 7) is 0.330. The number of rotatable bonds is 8. The zero-order valence-electron chi connectivity index (χ0n) is 15.3. The van der Waals surface area contributed by atoms with Gasteiger partial charge in [-0.15, -0.1) is 0 Å². The monoisotopic (exact) mass is 394 g/mol. The van der Waals surface area contributed by atoms with Gasteiger partial charge < -0.3 is 19.5 Å². The Hall–Kier alpha value is -2.78. The van der Waals surface area contributed by atoms with Gasteiger partial charge in [0.25, 0.3) is 5.91 Å². The molecule has 27 heavy (non-hydrogen) atoms. The standard InChI is InChI=1S/C18H22N2O6S/c1-24-15-7-5-13(27(19,22)23)11-14(15)18(21)20-9-8-12-4-6-16(25-2)17(10-12)26-3/h4-7,10-11H,8-9H2,1-3H3,(H,20,21)(H2,19,22,23). The van der Waals surface area contributed by atoms with Gasteiger partial charge in [-0.25, -0.2) is 13.6 Å². The first-order valence-corrected chi connectivity index (χ1v) is 9.54. The topological polar surface area (TPSA) is 117 Å². The highest BCUT2D eigenvalue weighted by Gasteiger charge is 2.17. The first kappa shape index (κ1) is 20.5. The zero-order chi connectivity index (χ0) is 20.0. The summed E-state index contributed by atoms with van der Waals surface area (Å²) < 4.78 is 38.6. The molecule has 0 radical (unpaired) electrons. The molecule has 0 atom stereocenters. The number of amides is 1. The van der Waals surface area contributed by atoms with Crippen LogP contribution >= 0.6 is 0 Å². The number of nitrogens with two attached hydrogens (primary N) is 1. The molecule has 0 unspecified atom stereocenters. The van der Waals surface area contributed by atoms with Crippen molar-refractivity contribution in [2.45, 2.75) is 11.3 Å². The van der Waals surface area contributed by atoms with Gasteiger partial charge in [0.2, 0.25) is 10.0 Å². The smallest absolute Gasteiger partial charge is 0.255 e. The van der Waals surface area contributed by atoms with E-state index >= 15 is 0 Å². The Kier molecular flexibility index (Phi) is 6.65. The van der Waals surface area contributed by atoms with Gasteiger partial charge in [0.15, 0.2) is 11.5 Å². The van der Waals surface area contributed by atoms with E-state index in [-0.39, 0.29) is 16.2 Å². The van der Waals surface area contributed by atoms with Crippen LogP contribution < -0.4 is 24.7 Å². The van der Waals surface area contributed by atoms with Gasteiger partial charge in [-0.3, -0.25) is 4.79 Å². The molecular weight excluding hydrogens is 372 g/mol. The van der Waals surface area contributed by atoms with E-state index in [1.807, 2.05) is 12.1 Å². The molecule has 2 rings (SSSR count). The fourth-order valence-corrected chi connectivity index (χ4v) is 3.03. The Morgan fingerprint density at radius 2 is 1.59 bits per heavy atom. The molecule has 3 N–H and O–H groups in total. The Labute approximate surface area is 158 Å². The molecule has 0 aliphatic carbocycles. The highest BCUT2D eigenvalue weighted by molar-refractivity contribution is 7.89. The summed E-state index contributed by atoms with van der Waals surface area (Å²) >= 11 is 0. The molecule has 0 aliphatic rings.